The van der Waals surface area contributed by atoms with Crippen LogP contribution in [0.3, 0.4) is 0 Å². The Hall–Kier alpha value is -2.11. The molecule has 0 saturated heterocycles. The molecule has 1 N–H and O–H groups in total. The molecule has 2 aromatic rings. The highest BCUT2D eigenvalue weighted by atomic mass is 16.5. The van der Waals surface area contributed by atoms with Gasteiger partial charge in [0.05, 0.1) is 12.7 Å². The molecular formula is C14H20N4O2. The van der Waals surface area contributed by atoms with E-state index in [9.17, 15) is 0 Å². The Bertz CT molecular complexity index is 534. The van der Waals surface area contributed by atoms with Gasteiger partial charge in [-0.05, 0) is 19.1 Å². The van der Waals surface area contributed by atoms with E-state index < -0.39 is 0 Å². The van der Waals surface area contributed by atoms with E-state index >= 15 is 0 Å². The second kappa shape index (κ2) is 5.90. The molecule has 0 aromatic carbocycles. The molecule has 2 aromatic heterocycles. The Morgan fingerprint density at radius 2 is 2.15 bits per heavy atom. The van der Waals surface area contributed by atoms with E-state index in [4.69, 9.17) is 9.15 Å². The van der Waals surface area contributed by atoms with Gasteiger partial charge in [0.1, 0.15) is 11.9 Å². The number of ether oxygens (including phenoxy) is 1. The topological polar surface area (TPSA) is 73.1 Å². The Labute approximate surface area is 118 Å². The molecular weight excluding hydrogens is 256 g/mol. The van der Waals surface area contributed by atoms with Gasteiger partial charge in [-0.25, -0.2) is 0 Å². The number of rotatable bonds is 5. The van der Waals surface area contributed by atoms with Crippen molar-refractivity contribution in [1.29, 1.82) is 0 Å². The van der Waals surface area contributed by atoms with Crippen molar-refractivity contribution in [2.45, 2.75) is 39.2 Å². The van der Waals surface area contributed by atoms with E-state index in [-0.39, 0.29) is 11.5 Å². The normalized spacial score (nSPS) is 13.0. The molecule has 0 aliphatic rings. The van der Waals surface area contributed by atoms with E-state index in [1.807, 2.05) is 39.8 Å². The van der Waals surface area contributed by atoms with E-state index in [0.29, 0.717) is 18.5 Å². The van der Waals surface area contributed by atoms with Crippen LogP contribution < -0.4 is 10.1 Å². The van der Waals surface area contributed by atoms with Gasteiger partial charge in [-0.15, -0.1) is 5.10 Å². The zero-order valence-electron chi connectivity index (χ0n) is 12.3. The zero-order valence-corrected chi connectivity index (χ0v) is 12.3. The third kappa shape index (κ3) is 3.94. The van der Waals surface area contributed by atoms with E-state index in [2.05, 4.69) is 20.5 Å². The van der Waals surface area contributed by atoms with E-state index in [0.717, 1.165) is 5.75 Å². The van der Waals surface area contributed by atoms with Gasteiger partial charge < -0.3 is 14.5 Å². The lowest BCUT2D eigenvalue weighted by atomic mass is 9.97. The largest absolute Gasteiger partial charge is 0.487 e. The lowest BCUT2D eigenvalue weighted by Gasteiger charge is -2.14. The summed E-state index contributed by atoms with van der Waals surface area (Å²) in [6.07, 6.45) is 3.35. The fraction of sp³-hybridized carbons (Fsp3) is 0.500. The fourth-order valence-electron chi connectivity index (χ4n) is 1.52. The molecule has 6 heteroatoms. The molecule has 6 nitrogen and oxygen atoms in total. The predicted molar refractivity (Wildman–Crippen MR) is 75.8 cm³/mol. The Kier molecular flexibility index (Phi) is 4.22. The van der Waals surface area contributed by atoms with Crippen LogP contribution in [0.5, 0.6) is 5.75 Å². The van der Waals surface area contributed by atoms with Crippen LogP contribution >= 0.6 is 0 Å². The highest BCUT2D eigenvalue weighted by Crippen LogP contribution is 2.21. The van der Waals surface area contributed by atoms with Crippen LogP contribution in [0.25, 0.3) is 0 Å². The first-order valence-electron chi connectivity index (χ1n) is 6.59. The molecule has 1 atom stereocenters. The molecule has 0 radical (unpaired) electrons. The van der Waals surface area contributed by atoms with Crippen LogP contribution in [0, 0.1) is 0 Å². The van der Waals surface area contributed by atoms with Gasteiger partial charge in [0.25, 0.3) is 0 Å². The van der Waals surface area contributed by atoms with Crippen molar-refractivity contribution in [3.63, 3.8) is 0 Å². The molecule has 0 aliphatic carbocycles. The summed E-state index contributed by atoms with van der Waals surface area (Å²) >= 11 is 0. The maximum Gasteiger partial charge on any atom is 0.315 e. The van der Waals surface area contributed by atoms with Crippen molar-refractivity contribution in [3.8, 4) is 5.75 Å². The van der Waals surface area contributed by atoms with Gasteiger partial charge in [0.15, 0.2) is 0 Å². The van der Waals surface area contributed by atoms with Crippen molar-refractivity contribution in [2.75, 3.05) is 11.9 Å². The number of nitrogens with zero attached hydrogens (tertiary/aromatic N) is 3. The molecule has 0 bridgehead atoms. The summed E-state index contributed by atoms with van der Waals surface area (Å²) in [5.41, 5.74) is -0.148. The van der Waals surface area contributed by atoms with Gasteiger partial charge in [0.2, 0.25) is 5.89 Å². The standard InChI is InChI=1S/C14H20N4O2/c1-10(19-11-6-5-7-15-9-11)8-16-13-18-17-12(20-13)14(2,3)4/h5-7,9-10H,8H2,1-4H3,(H,16,18)/t10-/m1/s1. The Morgan fingerprint density at radius 3 is 2.75 bits per heavy atom. The Morgan fingerprint density at radius 1 is 1.35 bits per heavy atom. The van der Waals surface area contributed by atoms with Crippen molar-refractivity contribution in [1.82, 2.24) is 15.2 Å². The van der Waals surface area contributed by atoms with Crippen LogP contribution in [0.2, 0.25) is 0 Å². The van der Waals surface area contributed by atoms with E-state index in [1.54, 1.807) is 12.4 Å². The number of aromatic nitrogens is 3. The summed E-state index contributed by atoms with van der Waals surface area (Å²) in [6, 6.07) is 4.12. The van der Waals surface area contributed by atoms with Crippen LogP contribution in [0.1, 0.15) is 33.6 Å². The fourth-order valence-corrected chi connectivity index (χ4v) is 1.52. The van der Waals surface area contributed by atoms with Gasteiger partial charge in [-0.3, -0.25) is 4.98 Å². The summed E-state index contributed by atoms with van der Waals surface area (Å²) in [7, 11) is 0. The molecule has 0 unspecified atom stereocenters. The predicted octanol–water partition coefficient (Wildman–Crippen LogP) is 2.64. The SMILES string of the molecule is C[C@H](CNc1nnc(C(C)(C)C)o1)Oc1cccnc1. The van der Waals surface area contributed by atoms with Crippen LogP contribution in [-0.2, 0) is 5.41 Å². The summed E-state index contributed by atoms with van der Waals surface area (Å²) < 4.78 is 11.2. The van der Waals surface area contributed by atoms with Gasteiger partial charge in [0, 0.05) is 11.6 Å². The van der Waals surface area contributed by atoms with E-state index in [1.165, 1.54) is 0 Å². The summed E-state index contributed by atoms with van der Waals surface area (Å²) in [6.45, 7) is 8.61. The number of anilines is 1. The lowest BCUT2D eigenvalue weighted by Crippen LogP contribution is -2.22. The second-order valence-electron chi connectivity index (χ2n) is 5.66. The third-order valence-corrected chi connectivity index (χ3v) is 2.58. The molecule has 20 heavy (non-hydrogen) atoms. The highest BCUT2D eigenvalue weighted by molar-refractivity contribution is 5.20. The third-order valence-electron chi connectivity index (χ3n) is 2.58. The molecule has 2 rings (SSSR count). The molecule has 0 amide bonds. The quantitative estimate of drug-likeness (QED) is 0.905. The minimum Gasteiger partial charge on any atom is -0.487 e. The second-order valence-corrected chi connectivity index (χ2v) is 5.66. The monoisotopic (exact) mass is 276 g/mol. The van der Waals surface area contributed by atoms with Crippen molar-refractivity contribution >= 4 is 6.01 Å². The number of nitrogens with one attached hydrogen (secondary N) is 1. The summed E-state index contributed by atoms with van der Waals surface area (Å²) in [4.78, 5) is 4.00. The molecule has 2 heterocycles. The molecule has 0 spiro atoms. The molecule has 108 valence electrons. The average molecular weight is 276 g/mol. The molecule has 0 saturated carbocycles. The lowest BCUT2D eigenvalue weighted by molar-refractivity contribution is 0.232. The first-order chi connectivity index (χ1) is 9.45. The number of hydrogen-bond acceptors (Lipinski definition) is 6. The maximum absolute atomic E-state index is 5.70. The number of hydrogen-bond donors (Lipinski definition) is 1. The van der Waals surface area contributed by atoms with Gasteiger partial charge in [-0.2, -0.15) is 0 Å². The minimum absolute atomic E-state index is 0.0378. The molecule has 0 fully saturated rings. The average Bonchev–Trinajstić information content (AvgIpc) is 2.86. The smallest absolute Gasteiger partial charge is 0.315 e. The van der Waals surface area contributed by atoms with Gasteiger partial charge in [-0.1, -0.05) is 25.9 Å². The van der Waals surface area contributed by atoms with Crippen molar-refractivity contribution in [3.05, 3.63) is 30.4 Å². The Balaban J connectivity index is 1.84. The summed E-state index contributed by atoms with van der Waals surface area (Å²) in [5.74, 6) is 1.35. The molecule has 0 aliphatic heterocycles. The number of pyridine rings is 1. The minimum atomic E-state index is -0.148. The maximum atomic E-state index is 5.70. The van der Waals surface area contributed by atoms with Crippen molar-refractivity contribution < 1.29 is 9.15 Å². The van der Waals surface area contributed by atoms with Crippen LogP contribution in [-0.4, -0.2) is 27.8 Å². The van der Waals surface area contributed by atoms with Crippen LogP contribution in [0.15, 0.2) is 28.9 Å². The highest BCUT2D eigenvalue weighted by Gasteiger charge is 2.21. The van der Waals surface area contributed by atoms with Gasteiger partial charge >= 0.3 is 6.01 Å². The zero-order chi connectivity index (χ0) is 14.6. The van der Waals surface area contributed by atoms with Crippen LogP contribution in [0.4, 0.5) is 6.01 Å². The first kappa shape index (κ1) is 14.3. The summed E-state index contributed by atoms with van der Waals surface area (Å²) in [5, 5.41) is 11.1. The first-order valence-corrected chi connectivity index (χ1v) is 6.59. The van der Waals surface area contributed by atoms with Crippen molar-refractivity contribution in [2.24, 2.45) is 0 Å².